The Labute approximate surface area is 128 Å². The van der Waals surface area contributed by atoms with Crippen LogP contribution in [-0.2, 0) is 11.8 Å². The van der Waals surface area contributed by atoms with E-state index in [0.717, 1.165) is 6.42 Å². The van der Waals surface area contributed by atoms with Crippen LogP contribution in [0.3, 0.4) is 0 Å². The number of aryl methyl sites for hydroxylation is 2. The predicted molar refractivity (Wildman–Crippen MR) is 77.5 cm³/mol. The van der Waals surface area contributed by atoms with Gasteiger partial charge in [-0.25, -0.2) is 0 Å². The molecule has 1 saturated carbocycles. The molecular formula is C15H23F2N3O2. The summed E-state index contributed by atoms with van der Waals surface area (Å²) in [5.41, 5.74) is -0.878. The molecule has 0 radical (unpaired) electrons. The van der Waals surface area contributed by atoms with Gasteiger partial charge in [-0.15, -0.1) is 0 Å². The first-order chi connectivity index (χ1) is 10.2. The van der Waals surface area contributed by atoms with Gasteiger partial charge in [0.1, 0.15) is 5.60 Å². The molecule has 22 heavy (non-hydrogen) atoms. The van der Waals surface area contributed by atoms with E-state index < -0.39 is 23.5 Å². The fourth-order valence-corrected chi connectivity index (χ4v) is 3.07. The monoisotopic (exact) mass is 315 g/mol. The van der Waals surface area contributed by atoms with E-state index in [4.69, 9.17) is 0 Å². The van der Waals surface area contributed by atoms with Crippen LogP contribution in [0, 0.1) is 6.92 Å². The highest BCUT2D eigenvalue weighted by Crippen LogP contribution is 2.41. The smallest absolute Gasteiger partial charge is 0.352 e. The first kappa shape index (κ1) is 16.9. The summed E-state index contributed by atoms with van der Waals surface area (Å²) in [7, 11) is 1.73. The van der Waals surface area contributed by atoms with Gasteiger partial charge in [0.15, 0.2) is 0 Å². The zero-order chi connectivity index (χ0) is 16.5. The molecule has 1 fully saturated rings. The lowest BCUT2D eigenvalue weighted by atomic mass is 9.79. The molecule has 1 aromatic rings. The molecule has 0 bridgehead atoms. The molecule has 1 heterocycles. The standard InChI is InChI=1S/C15H23F2N3O2/c1-10(12-9-20(3)19-11(12)2)18-13(21)15(16,17)14(22)7-5-4-6-8-14/h9-10,22H,4-8H2,1-3H3,(H,18,21)/t10-/m0/s1. The molecule has 0 unspecified atom stereocenters. The number of carbonyl (C=O) groups excluding carboxylic acids is 1. The van der Waals surface area contributed by atoms with Crippen LogP contribution in [0.1, 0.15) is 56.3 Å². The molecule has 1 amide bonds. The van der Waals surface area contributed by atoms with Gasteiger partial charge in [-0.05, 0) is 26.7 Å². The Bertz CT molecular complexity index is 551. The number of carbonyl (C=O) groups is 1. The van der Waals surface area contributed by atoms with Gasteiger partial charge in [0.05, 0.1) is 11.7 Å². The maximum Gasteiger partial charge on any atom is 0.352 e. The summed E-state index contributed by atoms with van der Waals surface area (Å²) in [5.74, 6) is -5.22. The third-order valence-electron chi connectivity index (χ3n) is 4.42. The lowest BCUT2D eigenvalue weighted by Crippen LogP contribution is -2.58. The van der Waals surface area contributed by atoms with Crippen molar-refractivity contribution in [2.24, 2.45) is 7.05 Å². The van der Waals surface area contributed by atoms with Crippen molar-refractivity contribution in [3.8, 4) is 0 Å². The van der Waals surface area contributed by atoms with Gasteiger partial charge < -0.3 is 10.4 Å². The molecule has 0 aromatic carbocycles. The number of alkyl halides is 2. The summed E-state index contributed by atoms with van der Waals surface area (Å²) in [6, 6.07) is -0.598. The number of halogens is 2. The predicted octanol–water partition coefficient (Wildman–Crippen LogP) is 2.24. The van der Waals surface area contributed by atoms with E-state index in [0.29, 0.717) is 24.1 Å². The molecule has 124 valence electrons. The topological polar surface area (TPSA) is 67.2 Å². The minimum absolute atomic E-state index is 0.0479. The zero-order valence-corrected chi connectivity index (χ0v) is 13.2. The molecule has 5 nitrogen and oxygen atoms in total. The lowest BCUT2D eigenvalue weighted by Gasteiger charge is -2.38. The van der Waals surface area contributed by atoms with E-state index in [1.54, 1.807) is 31.8 Å². The summed E-state index contributed by atoms with van der Waals surface area (Å²) >= 11 is 0. The SMILES string of the molecule is Cc1nn(C)cc1[C@H](C)NC(=O)C(F)(F)C1(O)CCCCC1. The quantitative estimate of drug-likeness (QED) is 0.895. The second kappa shape index (κ2) is 5.95. The number of rotatable bonds is 4. The Morgan fingerprint density at radius 3 is 2.55 bits per heavy atom. The van der Waals surface area contributed by atoms with Crippen molar-refractivity contribution in [3.05, 3.63) is 17.5 Å². The third-order valence-corrected chi connectivity index (χ3v) is 4.42. The molecule has 1 aliphatic carbocycles. The molecule has 7 heteroatoms. The van der Waals surface area contributed by atoms with Gasteiger partial charge in [0.25, 0.3) is 5.91 Å². The minimum atomic E-state index is -3.79. The maximum absolute atomic E-state index is 14.4. The molecule has 1 atom stereocenters. The van der Waals surface area contributed by atoms with Crippen molar-refractivity contribution in [3.63, 3.8) is 0 Å². The van der Waals surface area contributed by atoms with Crippen LogP contribution in [0.15, 0.2) is 6.20 Å². The Hall–Kier alpha value is -1.50. The van der Waals surface area contributed by atoms with Crippen LogP contribution in [0.25, 0.3) is 0 Å². The third kappa shape index (κ3) is 2.99. The van der Waals surface area contributed by atoms with Crippen molar-refractivity contribution >= 4 is 5.91 Å². The summed E-state index contributed by atoms with van der Waals surface area (Å²) < 4.78 is 30.3. The molecule has 0 saturated heterocycles. The second-order valence-electron chi connectivity index (χ2n) is 6.21. The number of hydrogen-bond donors (Lipinski definition) is 2. The fourth-order valence-electron chi connectivity index (χ4n) is 3.07. The van der Waals surface area contributed by atoms with E-state index >= 15 is 0 Å². The maximum atomic E-state index is 14.4. The molecule has 1 aliphatic rings. The van der Waals surface area contributed by atoms with Gasteiger partial charge in [0.2, 0.25) is 0 Å². The summed E-state index contributed by atoms with van der Waals surface area (Å²) in [6.45, 7) is 3.38. The van der Waals surface area contributed by atoms with E-state index in [9.17, 15) is 18.7 Å². The zero-order valence-electron chi connectivity index (χ0n) is 13.2. The average molecular weight is 315 g/mol. The summed E-state index contributed by atoms with van der Waals surface area (Å²) in [4.78, 5) is 12.0. The van der Waals surface area contributed by atoms with Crippen LogP contribution in [-0.4, -0.2) is 32.3 Å². The number of nitrogens with zero attached hydrogens (tertiary/aromatic N) is 2. The second-order valence-corrected chi connectivity index (χ2v) is 6.21. The van der Waals surface area contributed by atoms with Crippen LogP contribution in [0.2, 0.25) is 0 Å². The van der Waals surface area contributed by atoms with Gasteiger partial charge in [-0.1, -0.05) is 19.3 Å². The van der Waals surface area contributed by atoms with Crippen molar-refractivity contribution in [1.82, 2.24) is 15.1 Å². The molecule has 2 rings (SSSR count). The van der Waals surface area contributed by atoms with Crippen LogP contribution < -0.4 is 5.32 Å². The number of hydrogen-bond acceptors (Lipinski definition) is 3. The Balaban J connectivity index is 2.11. The number of amides is 1. The first-order valence-electron chi connectivity index (χ1n) is 7.59. The van der Waals surface area contributed by atoms with Gasteiger partial charge in [0, 0.05) is 18.8 Å². The van der Waals surface area contributed by atoms with Gasteiger partial charge in [-0.2, -0.15) is 13.9 Å². The summed E-state index contributed by atoms with van der Waals surface area (Å²) in [6.07, 6.45) is 3.42. The summed E-state index contributed by atoms with van der Waals surface area (Å²) in [5, 5.41) is 16.6. The average Bonchev–Trinajstić information content (AvgIpc) is 2.78. The molecule has 1 aromatic heterocycles. The van der Waals surface area contributed by atoms with Crippen LogP contribution in [0.5, 0.6) is 0 Å². The lowest BCUT2D eigenvalue weighted by molar-refractivity contribution is -0.201. The molecule has 0 spiro atoms. The van der Waals surface area contributed by atoms with Crippen LogP contribution in [0.4, 0.5) is 8.78 Å². The van der Waals surface area contributed by atoms with E-state index in [-0.39, 0.29) is 12.8 Å². The Morgan fingerprint density at radius 2 is 2.05 bits per heavy atom. The molecular weight excluding hydrogens is 292 g/mol. The van der Waals surface area contributed by atoms with Gasteiger partial charge >= 0.3 is 5.92 Å². The minimum Gasteiger partial charge on any atom is -0.383 e. The van der Waals surface area contributed by atoms with E-state index in [2.05, 4.69) is 10.4 Å². The molecule has 0 aliphatic heterocycles. The van der Waals surface area contributed by atoms with Crippen molar-refractivity contribution in [1.29, 1.82) is 0 Å². The normalized spacial score (nSPS) is 19.7. The van der Waals surface area contributed by atoms with Crippen molar-refractivity contribution < 1.29 is 18.7 Å². The van der Waals surface area contributed by atoms with Gasteiger partial charge in [-0.3, -0.25) is 9.48 Å². The highest BCUT2D eigenvalue weighted by Gasteiger charge is 2.58. The van der Waals surface area contributed by atoms with Crippen molar-refractivity contribution in [2.75, 3.05) is 0 Å². The largest absolute Gasteiger partial charge is 0.383 e. The van der Waals surface area contributed by atoms with E-state index in [1.165, 1.54) is 0 Å². The number of nitrogens with one attached hydrogen (secondary N) is 1. The van der Waals surface area contributed by atoms with Crippen LogP contribution >= 0.6 is 0 Å². The Kier molecular flexibility index (Phi) is 4.56. The number of aromatic nitrogens is 2. The highest BCUT2D eigenvalue weighted by molar-refractivity contribution is 5.85. The highest BCUT2D eigenvalue weighted by atomic mass is 19.3. The fraction of sp³-hybridized carbons (Fsp3) is 0.733. The Morgan fingerprint density at radius 1 is 1.45 bits per heavy atom. The first-order valence-corrected chi connectivity index (χ1v) is 7.59. The van der Waals surface area contributed by atoms with E-state index in [1.807, 2.05) is 0 Å². The van der Waals surface area contributed by atoms with Crippen molar-refractivity contribution in [2.45, 2.75) is 63.5 Å². The number of aliphatic hydroxyl groups is 1. The molecule has 2 N–H and O–H groups in total.